The highest BCUT2D eigenvalue weighted by molar-refractivity contribution is 8.00. The number of urea groups is 1. The van der Waals surface area contributed by atoms with Crippen molar-refractivity contribution in [1.82, 2.24) is 10.6 Å². The molecule has 2 aliphatic rings. The molecule has 3 atom stereocenters. The minimum atomic E-state index is -0.987. The van der Waals surface area contributed by atoms with Gasteiger partial charge in [0, 0.05) is 23.1 Å². The van der Waals surface area contributed by atoms with Crippen molar-refractivity contribution in [2.45, 2.75) is 43.0 Å². The predicted molar refractivity (Wildman–Crippen MR) is 96.0 cm³/mol. The minimum Gasteiger partial charge on any atom is -0.478 e. The van der Waals surface area contributed by atoms with E-state index in [1.807, 2.05) is 11.8 Å². The SMILES string of the molecule is O=C(CCCC[C@@H]1SC[C@H]2NC(=O)N[C@H]12)Nc1ccc(C(=O)O)cc1. The summed E-state index contributed by atoms with van der Waals surface area (Å²) >= 11 is 1.88. The quantitative estimate of drug-likeness (QED) is 0.438. The zero-order valence-electron chi connectivity index (χ0n) is 13.7. The first-order valence-electron chi connectivity index (χ1n) is 8.35. The number of thioether (sulfide) groups is 1. The van der Waals surface area contributed by atoms with E-state index < -0.39 is 5.97 Å². The Bertz CT molecular complexity index is 664. The van der Waals surface area contributed by atoms with Crippen LogP contribution in [0.15, 0.2) is 24.3 Å². The number of amides is 3. The van der Waals surface area contributed by atoms with Crippen LogP contribution in [0.2, 0.25) is 0 Å². The van der Waals surface area contributed by atoms with Crippen LogP contribution in [0.3, 0.4) is 0 Å². The molecule has 8 heteroatoms. The lowest BCUT2D eigenvalue weighted by Gasteiger charge is -2.16. The van der Waals surface area contributed by atoms with Crippen LogP contribution in [0.4, 0.5) is 10.5 Å². The Morgan fingerprint density at radius 3 is 2.68 bits per heavy atom. The molecular weight excluding hydrogens is 342 g/mol. The molecule has 2 fully saturated rings. The van der Waals surface area contributed by atoms with E-state index in [0.717, 1.165) is 25.0 Å². The predicted octanol–water partition coefficient (Wildman–Crippen LogP) is 2.05. The number of carboxylic acids is 1. The maximum atomic E-state index is 12.0. The first-order chi connectivity index (χ1) is 12.0. The van der Waals surface area contributed by atoms with E-state index in [1.54, 1.807) is 12.1 Å². The van der Waals surface area contributed by atoms with Crippen LogP contribution >= 0.6 is 11.8 Å². The van der Waals surface area contributed by atoms with E-state index in [-0.39, 0.29) is 29.6 Å². The minimum absolute atomic E-state index is 0.0733. The van der Waals surface area contributed by atoms with Crippen molar-refractivity contribution in [2.24, 2.45) is 0 Å². The summed E-state index contributed by atoms with van der Waals surface area (Å²) < 4.78 is 0. The van der Waals surface area contributed by atoms with Crippen LogP contribution < -0.4 is 16.0 Å². The second-order valence-corrected chi connectivity index (χ2v) is 7.57. The Labute approximate surface area is 149 Å². The van der Waals surface area contributed by atoms with Gasteiger partial charge in [0.05, 0.1) is 17.6 Å². The Morgan fingerprint density at radius 1 is 1.20 bits per heavy atom. The highest BCUT2D eigenvalue weighted by atomic mass is 32.2. The maximum absolute atomic E-state index is 12.0. The zero-order valence-corrected chi connectivity index (χ0v) is 14.5. The van der Waals surface area contributed by atoms with Crippen LogP contribution in [0.25, 0.3) is 0 Å². The molecule has 3 rings (SSSR count). The molecular formula is C17H21N3O4S. The second-order valence-electron chi connectivity index (χ2n) is 6.30. The lowest BCUT2D eigenvalue weighted by molar-refractivity contribution is -0.116. The van der Waals surface area contributed by atoms with Crippen LogP contribution in [-0.2, 0) is 4.79 Å². The molecule has 0 aliphatic carbocycles. The Kier molecular flexibility index (Phi) is 5.47. The number of nitrogens with one attached hydrogen (secondary N) is 3. The molecule has 2 heterocycles. The summed E-state index contributed by atoms with van der Waals surface area (Å²) in [5.41, 5.74) is 0.794. The number of anilines is 1. The second kappa shape index (κ2) is 7.77. The largest absolute Gasteiger partial charge is 0.478 e. The molecule has 0 bridgehead atoms. The Balaban J connectivity index is 1.35. The van der Waals surface area contributed by atoms with Gasteiger partial charge >= 0.3 is 12.0 Å². The number of benzene rings is 1. The average molecular weight is 363 g/mol. The lowest BCUT2D eigenvalue weighted by Crippen LogP contribution is -2.36. The van der Waals surface area contributed by atoms with E-state index in [1.165, 1.54) is 12.1 Å². The summed E-state index contributed by atoms with van der Waals surface area (Å²) in [5, 5.41) is 17.9. The third-order valence-electron chi connectivity index (χ3n) is 4.50. The van der Waals surface area contributed by atoms with Crippen LogP contribution in [-0.4, -0.2) is 46.1 Å². The fourth-order valence-electron chi connectivity index (χ4n) is 3.19. The highest BCUT2D eigenvalue weighted by Crippen LogP contribution is 2.33. The van der Waals surface area contributed by atoms with E-state index in [2.05, 4.69) is 16.0 Å². The fraction of sp³-hybridized carbons (Fsp3) is 0.471. The fourth-order valence-corrected chi connectivity index (χ4v) is 4.74. The number of carbonyl (C=O) groups is 3. The van der Waals surface area contributed by atoms with Gasteiger partial charge in [0.1, 0.15) is 0 Å². The van der Waals surface area contributed by atoms with Gasteiger partial charge in [-0.1, -0.05) is 6.42 Å². The van der Waals surface area contributed by atoms with E-state index in [4.69, 9.17) is 5.11 Å². The molecule has 2 saturated heterocycles. The molecule has 4 N–H and O–H groups in total. The topological polar surface area (TPSA) is 108 Å². The number of rotatable bonds is 7. The van der Waals surface area contributed by atoms with Crippen LogP contribution in [0.1, 0.15) is 36.0 Å². The van der Waals surface area contributed by atoms with Crippen molar-refractivity contribution in [3.05, 3.63) is 29.8 Å². The van der Waals surface area contributed by atoms with E-state index >= 15 is 0 Å². The summed E-state index contributed by atoms with van der Waals surface area (Å²) in [5.74, 6) is -0.115. The van der Waals surface area contributed by atoms with Crippen molar-refractivity contribution in [3.63, 3.8) is 0 Å². The molecule has 0 aromatic heterocycles. The molecule has 1 aromatic rings. The number of aromatic carboxylic acids is 1. The molecule has 0 radical (unpaired) electrons. The number of hydrogen-bond acceptors (Lipinski definition) is 4. The van der Waals surface area contributed by atoms with Gasteiger partial charge in [0.25, 0.3) is 0 Å². The van der Waals surface area contributed by atoms with Crippen molar-refractivity contribution in [3.8, 4) is 0 Å². The van der Waals surface area contributed by atoms with Gasteiger partial charge < -0.3 is 21.1 Å². The number of carboxylic acid groups (broad SMARTS) is 1. The normalized spacial score (nSPS) is 24.3. The number of hydrogen-bond donors (Lipinski definition) is 4. The smallest absolute Gasteiger partial charge is 0.335 e. The zero-order chi connectivity index (χ0) is 17.8. The first-order valence-corrected chi connectivity index (χ1v) is 9.39. The average Bonchev–Trinajstić information content (AvgIpc) is 3.11. The molecule has 3 amide bonds. The summed E-state index contributed by atoms with van der Waals surface area (Å²) in [6.45, 7) is 0. The summed E-state index contributed by atoms with van der Waals surface area (Å²) in [6.07, 6.45) is 3.13. The van der Waals surface area contributed by atoms with Gasteiger partial charge in [-0.25, -0.2) is 9.59 Å². The van der Waals surface area contributed by atoms with Gasteiger partial charge in [-0.05, 0) is 37.1 Å². The van der Waals surface area contributed by atoms with Gasteiger partial charge in [0.15, 0.2) is 0 Å². The van der Waals surface area contributed by atoms with Crippen LogP contribution in [0, 0.1) is 0 Å². The molecule has 134 valence electrons. The van der Waals surface area contributed by atoms with Gasteiger partial charge in [-0.3, -0.25) is 4.79 Å². The first kappa shape index (κ1) is 17.6. The monoisotopic (exact) mass is 363 g/mol. The Hall–Kier alpha value is -2.22. The van der Waals surface area contributed by atoms with Crippen molar-refractivity contribution >= 4 is 35.4 Å². The summed E-state index contributed by atoms with van der Waals surface area (Å²) in [6, 6.07) is 6.48. The summed E-state index contributed by atoms with van der Waals surface area (Å²) in [7, 11) is 0. The van der Waals surface area contributed by atoms with E-state index in [0.29, 0.717) is 17.4 Å². The van der Waals surface area contributed by atoms with Gasteiger partial charge in [0.2, 0.25) is 5.91 Å². The van der Waals surface area contributed by atoms with Gasteiger partial charge in [-0.15, -0.1) is 0 Å². The van der Waals surface area contributed by atoms with Crippen molar-refractivity contribution in [1.29, 1.82) is 0 Å². The maximum Gasteiger partial charge on any atom is 0.335 e. The molecule has 1 aromatic carbocycles. The van der Waals surface area contributed by atoms with Gasteiger partial charge in [-0.2, -0.15) is 11.8 Å². The summed E-state index contributed by atoms with van der Waals surface area (Å²) in [4.78, 5) is 34.1. The highest BCUT2D eigenvalue weighted by Gasteiger charge is 2.42. The third kappa shape index (κ3) is 4.45. The standard InChI is InChI=1S/C17H21N3O4S/c21-14(18-11-7-5-10(6-8-11)16(22)23)4-2-1-3-13-15-12(9-25-13)19-17(24)20-15/h5-8,12-13,15H,1-4,9H2,(H,18,21)(H,22,23)(H2,19,20,24)/t12-,13+,15+/m1/s1. The lowest BCUT2D eigenvalue weighted by atomic mass is 10.0. The molecule has 0 saturated carbocycles. The number of fused-ring (bicyclic) bond motifs is 1. The van der Waals surface area contributed by atoms with E-state index in [9.17, 15) is 14.4 Å². The molecule has 0 unspecified atom stereocenters. The molecule has 7 nitrogen and oxygen atoms in total. The Morgan fingerprint density at radius 2 is 1.96 bits per heavy atom. The van der Waals surface area contributed by atoms with Crippen molar-refractivity contribution in [2.75, 3.05) is 11.1 Å². The number of unbranched alkanes of at least 4 members (excludes halogenated alkanes) is 1. The molecule has 25 heavy (non-hydrogen) atoms. The molecule has 0 spiro atoms. The molecule has 2 aliphatic heterocycles. The number of carbonyl (C=O) groups excluding carboxylic acids is 2. The van der Waals surface area contributed by atoms with Crippen LogP contribution in [0.5, 0.6) is 0 Å². The third-order valence-corrected chi connectivity index (χ3v) is 6.00. The van der Waals surface area contributed by atoms with Crippen molar-refractivity contribution < 1.29 is 19.5 Å².